The fraction of sp³-hybridized carbons (Fsp3) is 0.940. The molecule has 1 heterocycles. The van der Waals surface area contributed by atoms with Crippen LogP contribution in [-0.2, 0) is 14.3 Å². The molecule has 362 valence electrons. The summed E-state index contributed by atoms with van der Waals surface area (Å²) in [4.78, 5) is 13.1. The van der Waals surface area contributed by atoms with Crippen LogP contribution < -0.4 is 5.32 Å². The molecule has 0 bridgehead atoms. The molecular weight excluding hydrogens is 775 g/mol. The predicted octanol–water partition coefficient (Wildman–Crippen LogP) is 9.23. The highest BCUT2D eigenvalue weighted by Crippen LogP contribution is 2.23. The summed E-state index contributed by atoms with van der Waals surface area (Å²) in [6.45, 7) is 3.45. The summed E-state index contributed by atoms with van der Waals surface area (Å²) < 4.78 is 11.1. The fourth-order valence-corrected chi connectivity index (χ4v) is 8.32. The lowest BCUT2D eigenvalue weighted by Gasteiger charge is -2.40. The quantitative estimate of drug-likeness (QED) is 0.0217. The molecule has 1 aliphatic heterocycles. The first-order valence-corrected chi connectivity index (χ1v) is 25.6. The molecule has 8 N–H and O–H groups in total. The lowest BCUT2D eigenvalue weighted by atomic mass is 9.98. The number of hydrogen-bond acceptors (Lipinski definition) is 10. The van der Waals surface area contributed by atoms with Crippen LogP contribution in [0.5, 0.6) is 0 Å². The van der Waals surface area contributed by atoms with Crippen molar-refractivity contribution in [2.75, 3.05) is 13.2 Å². The summed E-state index contributed by atoms with van der Waals surface area (Å²) in [6.07, 6.45) is 32.6. The summed E-state index contributed by atoms with van der Waals surface area (Å²) in [6, 6.07) is -1.18. The van der Waals surface area contributed by atoms with Gasteiger partial charge in [-0.25, -0.2) is 0 Å². The number of aliphatic hydroxyl groups excluding tert-OH is 7. The van der Waals surface area contributed by atoms with Gasteiger partial charge in [0.1, 0.15) is 36.6 Å². The zero-order chi connectivity index (χ0) is 44.8. The van der Waals surface area contributed by atoms with Crippen molar-refractivity contribution >= 4 is 5.91 Å². The molecule has 0 saturated carbocycles. The molecule has 11 heteroatoms. The van der Waals surface area contributed by atoms with Crippen molar-refractivity contribution in [3.63, 3.8) is 0 Å². The Hall–Kier alpha value is -1.15. The third-order valence-corrected chi connectivity index (χ3v) is 12.6. The van der Waals surface area contributed by atoms with Gasteiger partial charge in [0.05, 0.1) is 25.4 Å². The summed E-state index contributed by atoms with van der Waals surface area (Å²) in [7, 11) is 0. The van der Waals surface area contributed by atoms with Crippen LogP contribution in [0.2, 0.25) is 0 Å². The molecule has 1 aliphatic rings. The second-order valence-electron chi connectivity index (χ2n) is 18.2. The Labute approximate surface area is 372 Å². The van der Waals surface area contributed by atoms with E-state index in [0.717, 1.165) is 38.5 Å². The summed E-state index contributed by atoms with van der Waals surface area (Å²) in [5, 5.41) is 75.8. The number of aliphatic hydroxyl groups is 7. The van der Waals surface area contributed by atoms with Crippen molar-refractivity contribution < 1.29 is 50.0 Å². The van der Waals surface area contributed by atoms with E-state index < -0.39 is 74.2 Å². The molecule has 0 aromatic carbocycles. The highest BCUT2D eigenvalue weighted by atomic mass is 16.7. The number of ether oxygens (including phenoxy) is 2. The number of carbonyl (C=O) groups is 1. The Balaban J connectivity index is 2.40. The molecule has 0 radical (unpaired) electrons. The van der Waals surface area contributed by atoms with Gasteiger partial charge in [-0.05, 0) is 38.5 Å². The number of allylic oxidation sites excluding steroid dienone is 2. The molecular formula is C50H97NO10. The minimum Gasteiger partial charge on any atom is -0.394 e. The monoisotopic (exact) mass is 872 g/mol. The van der Waals surface area contributed by atoms with Gasteiger partial charge in [-0.15, -0.1) is 0 Å². The standard InChI is InChI=1S/C50H97NO10/c1-3-5-7-9-11-13-15-17-19-20-21-22-24-26-28-30-32-34-36-38-43(54)49(59)51-41(40-60-50-48(58)47(57)46(56)44(39-52)61-50)45(55)42(53)37-35-33-31-29-27-25-23-18-16-14-12-10-8-6-4-2/h29,31,41-48,50,52-58H,3-28,30,32-40H2,1-2H3,(H,51,59)/b31-29+. The number of amides is 1. The molecule has 0 aliphatic carbocycles. The maximum Gasteiger partial charge on any atom is 0.249 e. The van der Waals surface area contributed by atoms with Crippen LogP contribution in [0.4, 0.5) is 0 Å². The molecule has 61 heavy (non-hydrogen) atoms. The topological polar surface area (TPSA) is 189 Å². The number of unbranched alkanes of at least 4 members (excludes halogenated alkanes) is 29. The molecule has 11 nitrogen and oxygen atoms in total. The van der Waals surface area contributed by atoms with Gasteiger partial charge in [-0.1, -0.05) is 206 Å². The Morgan fingerprint density at radius 1 is 0.557 bits per heavy atom. The van der Waals surface area contributed by atoms with E-state index in [1.807, 2.05) is 0 Å². The number of hydrogen-bond donors (Lipinski definition) is 8. The van der Waals surface area contributed by atoms with Gasteiger partial charge in [0.15, 0.2) is 6.29 Å². The molecule has 1 fully saturated rings. The maximum atomic E-state index is 13.1. The summed E-state index contributed by atoms with van der Waals surface area (Å²) in [5.41, 5.74) is 0. The molecule has 9 unspecified atom stereocenters. The van der Waals surface area contributed by atoms with Crippen LogP contribution in [0.3, 0.4) is 0 Å². The van der Waals surface area contributed by atoms with Crippen LogP contribution in [0.25, 0.3) is 0 Å². The smallest absolute Gasteiger partial charge is 0.249 e. The van der Waals surface area contributed by atoms with E-state index in [1.165, 1.54) is 154 Å². The van der Waals surface area contributed by atoms with Crippen molar-refractivity contribution in [3.8, 4) is 0 Å². The average molecular weight is 872 g/mol. The normalized spacial score (nSPS) is 21.5. The third-order valence-electron chi connectivity index (χ3n) is 12.6. The van der Waals surface area contributed by atoms with Crippen molar-refractivity contribution in [1.82, 2.24) is 5.32 Å². The van der Waals surface area contributed by atoms with Crippen molar-refractivity contribution in [2.24, 2.45) is 0 Å². The molecule has 0 aromatic rings. The summed E-state index contributed by atoms with van der Waals surface area (Å²) >= 11 is 0. The fourth-order valence-electron chi connectivity index (χ4n) is 8.32. The summed E-state index contributed by atoms with van der Waals surface area (Å²) in [5.74, 6) is -0.703. The molecule has 1 saturated heterocycles. The first-order valence-electron chi connectivity index (χ1n) is 25.6. The van der Waals surface area contributed by atoms with Gasteiger partial charge in [0.2, 0.25) is 5.91 Å². The van der Waals surface area contributed by atoms with Crippen LogP contribution in [0.1, 0.15) is 232 Å². The molecule has 1 rings (SSSR count). The molecule has 0 spiro atoms. The van der Waals surface area contributed by atoms with Crippen LogP contribution in [-0.4, -0.2) is 110 Å². The van der Waals surface area contributed by atoms with Gasteiger partial charge in [0.25, 0.3) is 0 Å². The van der Waals surface area contributed by atoms with E-state index in [9.17, 15) is 40.5 Å². The zero-order valence-corrected chi connectivity index (χ0v) is 39.2. The molecule has 1 amide bonds. The Morgan fingerprint density at radius 2 is 0.967 bits per heavy atom. The predicted molar refractivity (Wildman–Crippen MR) is 247 cm³/mol. The Morgan fingerprint density at radius 3 is 1.41 bits per heavy atom. The van der Waals surface area contributed by atoms with E-state index in [1.54, 1.807) is 0 Å². The van der Waals surface area contributed by atoms with E-state index >= 15 is 0 Å². The lowest BCUT2D eigenvalue weighted by Crippen LogP contribution is -2.60. The van der Waals surface area contributed by atoms with E-state index in [-0.39, 0.29) is 12.8 Å². The minimum absolute atomic E-state index is 0.259. The first-order chi connectivity index (χ1) is 29.7. The maximum absolute atomic E-state index is 13.1. The van der Waals surface area contributed by atoms with Gasteiger partial charge in [-0.2, -0.15) is 0 Å². The SMILES string of the molecule is CCCCCCCCCCCC/C=C/CCCC(O)C(O)C(COC1OC(CO)C(O)C(O)C1O)NC(=O)C(O)CCCCCCCCCCCCCCCCCCCCC. The first kappa shape index (κ1) is 57.9. The third kappa shape index (κ3) is 29.8. The zero-order valence-electron chi connectivity index (χ0n) is 39.2. The second kappa shape index (κ2) is 40.4. The van der Waals surface area contributed by atoms with E-state index in [0.29, 0.717) is 12.8 Å². The number of nitrogens with one attached hydrogen (secondary N) is 1. The molecule has 9 atom stereocenters. The highest BCUT2D eigenvalue weighted by Gasteiger charge is 2.44. The van der Waals surface area contributed by atoms with E-state index in [2.05, 4.69) is 31.3 Å². The highest BCUT2D eigenvalue weighted by molar-refractivity contribution is 5.80. The molecule has 0 aromatic heterocycles. The van der Waals surface area contributed by atoms with Crippen molar-refractivity contribution in [1.29, 1.82) is 0 Å². The Kier molecular flexibility index (Phi) is 38.3. The largest absolute Gasteiger partial charge is 0.394 e. The number of rotatable bonds is 43. The Bertz CT molecular complexity index is 1000. The number of carbonyl (C=O) groups excluding carboxylic acids is 1. The minimum atomic E-state index is -1.66. The van der Waals surface area contributed by atoms with Gasteiger partial charge in [-0.3, -0.25) is 4.79 Å². The van der Waals surface area contributed by atoms with Gasteiger partial charge >= 0.3 is 0 Å². The van der Waals surface area contributed by atoms with E-state index in [4.69, 9.17) is 9.47 Å². The van der Waals surface area contributed by atoms with Gasteiger partial charge < -0.3 is 50.5 Å². The van der Waals surface area contributed by atoms with Crippen molar-refractivity contribution in [2.45, 2.75) is 287 Å². The lowest BCUT2D eigenvalue weighted by molar-refractivity contribution is -0.303. The second-order valence-corrected chi connectivity index (χ2v) is 18.2. The average Bonchev–Trinajstić information content (AvgIpc) is 3.26. The van der Waals surface area contributed by atoms with Crippen LogP contribution in [0.15, 0.2) is 12.2 Å². The van der Waals surface area contributed by atoms with Crippen LogP contribution >= 0.6 is 0 Å². The van der Waals surface area contributed by atoms with Gasteiger partial charge in [0, 0.05) is 0 Å². The van der Waals surface area contributed by atoms with Crippen LogP contribution in [0, 0.1) is 0 Å². The van der Waals surface area contributed by atoms with Crippen molar-refractivity contribution in [3.05, 3.63) is 12.2 Å².